The summed E-state index contributed by atoms with van der Waals surface area (Å²) in [6.07, 6.45) is 0.914. The summed E-state index contributed by atoms with van der Waals surface area (Å²) in [6, 6.07) is 3.28. The molecule has 0 aromatic carbocycles. The first-order valence-electron chi connectivity index (χ1n) is 6.37. The Bertz CT molecular complexity index is 423. The minimum Gasteiger partial charge on any atom is -0.370 e. The molecule has 0 aliphatic heterocycles. The number of hydrogen-bond donors (Lipinski definition) is 2. The van der Waals surface area contributed by atoms with Gasteiger partial charge in [-0.25, -0.2) is 4.98 Å². The highest BCUT2D eigenvalue weighted by atomic mass is 35.5. The summed E-state index contributed by atoms with van der Waals surface area (Å²) in [5.41, 5.74) is 0.529. The molecule has 5 nitrogen and oxygen atoms in total. The molecule has 0 saturated carbocycles. The third kappa shape index (κ3) is 5.89. The minimum absolute atomic E-state index is 0.123. The van der Waals surface area contributed by atoms with Crippen LogP contribution in [0.15, 0.2) is 12.1 Å². The molecule has 19 heavy (non-hydrogen) atoms. The van der Waals surface area contributed by atoms with Crippen molar-refractivity contribution in [1.82, 2.24) is 15.2 Å². The molecule has 0 aliphatic carbocycles. The van der Waals surface area contributed by atoms with Crippen molar-refractivity contribution >= 4 is 23.3 Å². The van der Waals surface area contributed by atoms with Gasteiger partial charge in [-0.3, -0.25) is 4.79 Å². The van der Waals surface area contributed by atoms with Crippen LogP contribution in [0.1, 0.15) is 23.7 Å². The summed E-state index contributed by atoms with van der Waals surface area (Å²) >= 11 is 5.89. The van der Waals surface area contributed by atoms with Gasteiger partial charge in [-0.05, 0) is 46.1 Å². The highest BCUT2D eigenvalue weighted by Gasteiger charge is 2.08. The van der Waals surface area contributed by atoms with Crippen molar-refractivity contribution in [3.8, 4) is 0 Å². The first-order valence-corrected chi connectivity index (χ1v) is 6.75. The van der Waals surface area contributed by atoms with Gasteiger partial charge >= 0.3 is 0 Å². The van der Waals surface area contributed by atoms with Gasteiger partial charge in [0.15, 0.2) is 0 Å². The molecule has 0 saturated heterocycles. The van der Waals surface area contributed by atoms with E-state index in [0.717, 1.165) is 19.5 Å². The number of pyridine rings is 1. The number of amides is 1. The van der Waals surface area contributed by atoms with E-state index < -0.39 is 0 Å². The number of nitrogens with one attached hydrogen (secondary N) is 2. The average molecular weight is 285 g/mol. The van der Waals surface area contributed by atoms with Crippen molar-refractivity contribution in [2.75, 3.05) is 39.0 Å². The Kier molecular flexibility index (Phi) is 6.59. The van der Waals surface area contributed by atoms with Crippen molar-refractivity contribution in [2.24, 2.45) is 0 Å². The van der Waals surface area contributed by atoms with Crippen LogP contribution in [0.5, 0.6) is 0 Å². The molecule has 1 aromatic heterocycles. The van der Waals surface area contributed by atoms with Crippen LogP contribution < -0.4 is 10.6 Å². The van der Waals surface area contributed by atoms with Gasteiger partial charge in [-0.2, -0.15) is 0 Å². The van der Waals surface area contributed by atoms with Gasteiger partial charge in [0.1, 0.15) is 11.0 Å². The lowest BCUT2D eigenvalue weighted by Gasteiger charge is -2.10. The van der Waals surface area contributed by atoms with Crippen molar-refractivity contribution in [2.45, 2.75) is 13.3 Å². The normalized spacial score (nSPS) is 10.6. The SMILES string of the molecule is CCNc1cc(C(=O)NCCCN(C)C)cc(Cl)n1. The van der Waals surface area contributed by atoms with E-state index in [9.17, 15) is 4.79 Å². The summed E-state index contributed by atoms with van der Waals surface area (Å²) in [4.78, 5) is 18.1. The molecule has 0 radical (unpaired) electrons. The first kappa shape index (κ1) is 15.7. The Balaban J connectivity index is 2.56. The summed E-state index contributed by atoms with van der Waals surface area (Å²) < 4.78 is 0. The number of nitrogens with zero attached hydrogens (tertiary/aromatic N) is 2. The Morgan fingerprint density at radius 1 is 1.42 bits per heavy atom. The lowest BCUT2D eigenvalue weighted by atomic mass is 10.2. The summed E-state index contributed by atoms with van der Waals surface area (Å²) in [5.74, 6) is 0.496. The smallest absolute Gasteiger partial charge is 0.251 e. The topological polar surface area (TPSA) is 57.3 Å². The van der Waals surface area contributed by atoms with Crippen molar-refractivity contribution in [3.63, 3.8) is 0 Å². The van der Waals surface area contributed by atoms with E-state index in [4.69, 9.17) is 11.6 Å². The van der Waals surface area contributed by atoms with E-state index in [1.54, 1.807) is 12.1 Å². The maximum absolute atomic E-state index is 12.0. The largest absolute Gasteiger partial charge is 0.370 e. The Morgan fingerprint density at radius 2 is 2.16 bits per heavy atom. The first-order chi connectivity index (χ1) is 9.02. The third-order valence-corrected chi connectivity index (χ3v) is 2.68. The number of aromatic nitrogens is 1. The molecule has 0 spiro atoms. The van der Waals surface area contributed by atoms with Gasteiger partial charge in [0.25, 0.3) is 5.91 Å². The lowest BCUT2D eigenvalue weighted by molar-refractivity contribution is 0.0952. The quantitative estimate of drug-likeness (QED) is 0.593. The molecule has 0 aliphatic rings. The van der Waals surface area contributed by atoms with Gasteiger partial charge in [-0.1, -0.05) is 11.6 Å². The number of halogens is 1. The van der Waals surface area contributed by atoms with Gasteiger partial charge in [0.2, 0.25) is 0 Å². The average Bonchev–Trinajstić information content (AvgIpc) is 2.34. The fourth-order valence-electron chi connectivity index (χ4n) is 1.60. The summed E-state index contributed by atoms with van der Waals surface area (Å²) in [5, 5.41) is 6.23. The monoisotopic (exact) mass is 284 g/mol. The van der Waals surface area contributed by atoms with Crippen LogP contribution in [-0.2, 0) is 0 Å². The summed E-state index contributed by atoms with van der Waals surface area (Å²) in [6.45, 7) is 4.29. The molecule has 0 unspecified atom stereocenters. The third-order valence-electron chi connectivity index (χ3n) is 2.48. The molecule has 1 heterocycles. The predicted molar refractivity (Wildman–Crippen MR) is 78.9 cm³/mol. The van der Waals surface area contributed by atoms with Crippen LogP contribution in [0, 0.1) is 0 Å². The zero-order chi connectivity index (χ0) is 14.3. The number of rotatable bonds is 7. The fraction of sp³-hybridized carbons (Fsp3) is 0.538. The van der Waals surface area contributed by atoms with Crippen molar-refractivity contribution < 1.29 is 4.79 Å². The van der Waals surface area contributed by atoms with Crippen LogP contribution in [-0.4, -0.2) is 49.5 Å². The van der Waals surface area contributed by atoms with Gasteiger partial charge in [0, 0.05) is 18.7 Å². The second kappa shape index (κ2) is 7.96. The maximum Gasteiger partial charge on any atom is 0.251 e. The Labute approximate surface area is 119 Å². The van der Waals surface area contributed by atoms with Gasteiger partial charge in [-0.15, -0.1) is 0 Å². The molecule has 106 valence electrons. The Morgan fingerprint density at radius 3 is 2.79 bits per heavy atom. The number of carbonyl (C=O) groups is 1. The molecule has 0 atom stereocenters. The highest BCUT2D eigenvalue weighted by Crippen LogP contribution is 2.14. The van der Waals surface area contributed by atoms with E-state index in [1.807, 2.05) is 21.0 Å². The zero-order valence-electron chi connectivity index (χ0n) is 11.7. The van der Waals surface area contributed by atoms with Crippen molar-refractivity contribution in [1.29, 1.82) is 0 Å². The zero-order valence-corrected chi connectivity index (χ0v) is 12.4. The molecule has 1 aromatic rings. The molecule has 1 rings (SSSR count). The van der Waals surface area contributed by atoms with E-state index in [0.29, 0.717) is 23.1 Å². The molecule has 1 amide bonds. The van der Waals surface area contributed by atoms with E-state index >= 15 is 0 Å². The second-order valence-electron chi connectivity index (χ2n) is 4.51. The van der Waals surface area contributed by atoms with Crippen LogP contribution in [0.4, 0.5) is 5.82 Å². The lowest BCUT2D eigenvalue weighted by Crippen LogP contribution is -2.27. The fourth-order valence-corrected chi connectivity index (χ4v) is 1.81. The molecule has 6 heteroatoms. The molecule has 2 N–H and O–H groups in total. The predicted octanol–water partition coefficient (Wildman–Crippen LogP) is 1.85. The highest BCUT2D eigenvalue weighted by molar-refractivity contribution is 6.29. The number of anilines is 1. The van der Waals surface area contributed by atoms with E-state index in [-0.39, 0.29) is 5.91 Å². The van der Waals surface area contributed by atoms with Gasteiger partial charge < -0.3 is 15.5 Å². The maximum atomic E-state index is 12.0. The van der Waals surface area contributed by atoms with Crippen LogP contribution >= 0.6 is 11.6 Å². The van der Waals surface area contributed by atoms with Crippen LogP contribution in [0.3, 0.4) is 0 Å². The molecule has 0 bridgehead atoms. The van der Waals surface area contributed by atoms with E-state index in [2.05, 4.69) is 20.5 Å². The van der Waals surface area contributed by atoms with E-state index in [1.165, 1.54) is 0 Å². The van der Waals surface area contributed by atoms with Crippen LogP contribution in [0.2, 0.25) is 5.15 Å². The molecular formula is C13H21ClN4O. The van der Waals surface area contributed by atoms with Crippen molar-refractivity contribution in [3.05, 3.63) is 22.8 Å². The molecule has 0 fully saturated rings. The Hall–Kier alpha value is -1.33. The number of hydrogen-bond acceptors (Lipinski definition) is 4. The standard InChI is InChI=1S/C13H21ClN4O/c1-4-15-12-9-10(8-11(14)17-12)13(19)16-6-5-7-18(2)3/h8-9H,4-7H2,1-3H3,(H,15,17)(H,16,19). The number of carbonyl (C=O) groups excluding carboxylic acids is 1. The van der Waals surface area contributed by atoms with Crippen LogP contribution in [0.25, 0.3) is 0 Å². The second-order valence-corrected chi connectivity index (χ2v) is 4.89. The van der Waals surface area contributed by atoms with Gasteiger partial charge in [0.05, 0.1) is 0 Å². The summed E-state index contributed by atoms with van der Waals surface area (Å²) in [7, 11) is 4.01. The minimum atomic E-state index is -0.123. The molecular weight excluding hydrogens is 264 g/mol.